The van der Waals surface area contributed by atoms with Crippen molar-refractivity contribution < 1.29 is 4.79 Å². The predicted molar refractivity (Wildman–Crippen MR) is 47.7 cm³/mol. The monoisotopic (exact) mass is 157 g/mol. The van der Waals surface area contributed by atoms with Crippen LogP contribution in [0.25, 0.3) is 0 Å². The number of carbonyl (C=O) groups is 1. The molecule has 1 rings (SSSR count). The molecule has 0 radical (unpaired) electrons. The molecule has 0 aliphatic carbocycles. The Labute approximate surface area is 69.6 Å². The summed E-state index contributed by atoms with van der Waals surface area (Å²) in [7, 11) is 2.19. The average Bonchev–Trinajstić information content (AvgIpc) is 2.07. The molecule has 0 atom stereocenters. The summed E-state index contributed by atoms with van der Waals surface area (Å²) in [5, 5.41) is 0. The number of nitrogens with zero attached hydrogens (tertiary/aromatic N) is 1. The molecule has 0 unspecified atom stereocenters. The number of carbonyl (C=O) groups excluding carboxylic acids is 1. The van der Waals surface area contributed by atoms with Crippen molar-refractivity contribution in [2.45, 2.75) is 32.6 Å². The molecular formula is C9H19NO. The number of likely N-dealkylation sites (tertiary alicyclic amines) is 1. The van der Waals surface area contributed by atoms with Gasteiger partial charge in [-0.25, -0.2) is 0 Å². The number of rotatable bonds is 1. The van der Waals surface area contributed by atoms with Gasteiger partial charge in [-0.15, -0.1) is 0 Å². The van der Waals surface area contributed by atoms with Crippen LogP contribution in [0.15, 0.2) is 0 Å². The summed E-state index contributed by atoms with van der Waals surface area (Å²) in [5.41, 5.74) is 0. The lowest BCUT2D eigenvalue weighted by Crippen LogP contribution is -2.24. The van der Waals surface area contributed by atoms with Gasteiger partial charge >= 0.3 is 0 Å². The minimum Gasteiger partial charge on any atom is -0.306 e. The first-order chi connectivity index (χ1) is 5.31. The summed E-state index contributed by atoms with van der Waals surface area (Å²) in [6.07, 6.45) is 5.79. The van der Waals surface area contributed by atoms with Crippen molar-refractivity contribution >= 4 is 6.29 Å². The van der Waals surface area contributed by atoms with Gasteiger partial charge in [0.25, 0.3) is 0 Å². The molecule has 0 amide bonds. The van der Waals surface area contributed by atoms with Crippen LogP contribution in [0.4, 0.5) is 0 Å². The maximum absolute atomic E-state index is 9.17. The second kappa shape index (κ2) is 7.73. The first-order valence-corrected chi connectivity index (χ1v) is 4.43. The number of piperidine rings is 1. The van der Waals surface area contributed by atoms with Crippen molar-refractivity contribution in [2.24, 2.45) is 0 Å². The molecular weight excluding hydrogens is 138 g/mol. The molecule has 0 bridgehead atoms. The van der Waals surface area contributed by atoms with E-state index in [1.54, 1.807) is 0 Å². The highest BCUT2D eigenvalue weighted by Gasteiger charge is 2.02. The fourth-order valence-electron chi connectivity index (χ4n) is 1.05. The molecule has 0 N–H and O–H groups in total. The van der Waals surface area contributed by atoms with Crippen LogP contribution in [0, 0.1) is 0 Å². The molecule has 66 valence electrons. The van der Waals surface area contributed by atoms with Crippen molar-refractivity contribution in [1.82, 2.24) is 4.90 Å². The topological polar surface area (TPSA) is 20.3 Å². The van der Waals surface area contributed by atoms with Gasteiger partial charge in [0.1, 0.15) is 6.29 Å². The highest BCUT2D eigenvalue weighted by atomic mass is 16.1. The Morgan fingerprint density at radius 2 is 1.73 bits per heavy atom. The molecule has 1 aliphatic heterocycles. The predicted octanol–water partition coefficient (Wildman–Crippen LogP) is 1.70. The first-order valence-electron chi connectivity index (χ1n) is 4.43. The van der Waals surface area contributed by atoms with Crippen LogP contribution in [0.2, 0.25) is 0 Å². The summed E-state index contributed by atoms with van der Waals surface area (Å²) >= 11 is 0. The van der Waals surface area contributed by atoms with Gasteiger partial charge in [-0.3, -0.25) is 0 Å². The molecule has 0 aromatic carbocycles. The number of aldehydes is 1. The fourth-order valence-corrected chi connectivity index (χ4v) is 1.05. The Hall–Kier alpha value is -0.370. The van der Waals surface area contributed by atoms with Crippen molar-refractivity contribution in [3.63, 3.8) is 0 Å². The van der Waals surface area contributed by atoms with Gasteiger partial charge in [0.15, 0.2) is 0 Å². The number of hydrogen-bond donors (Lipinski definition) is 0. The van der Waals surface area contributed by atoms with Gasteiger partial charge in [-0.05, 0) is 33.0 Å². The van der Waals surface area contributed by atoms with E-state index in [0.29, 0.717) is 6.42 Å². The van der Waals surface area contributed by atoms with Gasteiger partial charge in [0.05, 0.1) is 0 Å². The first kappa shape index (κ1) is 10.6. The largest absolute Gasteiger partial charge is 0.306 e. The molecule has 0 aromatic heterocycles. The Morgan fingerprint density at radius 1 is 1.27 bits per heavy atom. The lowest BCUT2D eigenvalue weighted by molar-refractivity contribution is -0.107. The smallest absolute Gasteiger partial charge is 0.119 e. The van der Waals surface area contributed by atoms with Crippen LogP contribution in [-0.4, -0.2) is 31.3 Å². The van der Waals surface area contributed by atoms with Gasteiger partial charge < -0.3 is 9.69 Å². The zero-order valence-electron chi connectivity index (χ0n) is 7.68. The third-order valence-electron chi connectivity index (χ3n) is 1.75. The van der Waals surface area contributed by atoms with Crippen LogP contribution in [0.1, 0.15) is 32.6 Å². The van der Waals surface area contributed by atoms with Crippen LogP contribution in [0.3, 0.4) is 0 Å². The number of hydrogen-bond acceptors (Lipinski definition) is 2. The van der Waals surface area contributed by atoms with Gasteiger partial charge in [-0.2, -0.15) is 0 Å². The summed E-state index contributed by atoms with van der Waals surface area (Å²) in [4.78, 5) is 11.6. The van der Waals surface area contributed by atoms with E-state index in [1.165, 1.54) is 32.4 Å². The van der Waals surface area contributed by atoms with E-state index in [2.05, 4.69) is 11.9 Å². The van der Waals surface area contributed by atoms with E-state index in [-0.39, 0.29) is 0 Å². The minimum absolute atomic E-state index is 0.639. The summed E-state index contributed by atoms with van der Waals surface area (Å²) in [6.45, 7) is 4.45. The molecule has 2 nitrogen and oxygen atoms in total. The second-order valence-electron chi connectivity index (χ2n) is 2.94. The van der Waals surface area contributed by atoms with Crippen molar-refractivity contribution in [3.8, 4) is 0 Å². The Morgan fingerprint density at radius 3 is 1.91 bits per heavy atom. The molecule has 0 saturated carbocycles. The lowest BCUT2D eigenvalue weighted by Gasteiger charge is -2.20. The van der Waals surface area contributed by atoms with Crippen molar-refractivity contribution in [1.29, 1.82) is 0 Å². The summed E-state index contributed by atoms with van der Waals surface area (Å²) < 4.78 is 0. The quantitative estimate of drug-likeness (QED) is 0.540. The second-order valence-corrected chi connectivity index (χ2v) is 2.94. The average molecular weight is 157 g/mol. The molecule has 2 heteroatoms. The van der Waals surface area contributed by atoms with E-state index in [9.17, 15) is 4.79 Å². The normalized spacial score (nSPS) is 18.4. The third-order valence-corrected chi connectivity index (χ3v) is 1.75. The molecule has 1 aliphatic rings. The van der Waals surface area contributed by atoms with Gasteiger partial charge in [0.2, 0.25) is 0 Å². The Balaban J connectivity index is 0.000000218. The molecule has 0 spiro atoms. The highest BCUT2D eigenvalue weighted by molar-refractivity contribution is 5.48. The Kier molecular flexibility index (Phi) is 7.47. The van der Waals surface area contributed by atoms with Gasteiger partial charge in [-0.1, -0.05) is 13.3 Å². The lowest BCUT2D eigenvalue weighted by atomic mass is 10.1. The highest BCUT2D eigenvalue weighted by Crippen LogP contribution is 2.04. The standard InChI is InChI=1S/C6H13N.C3H6O/c1-7-5-3-2-4-6-7;1-2-3-4/h2-6H2,1H3;3H,2H2,1H3. The van der Waals surface area contributed by atoms with E-state index in [1.807, 2.05) is 6.92 Å². The van der Waals surface area contributed by atoms with E-state index in [4.69, 9.17) is 0 Å². The van der Waals surface area contributed by atoms with Gasteiger partial charge in [0, 0.05) is 6.42 Å². The van der Waals surface area contributed by atoms with Crippen LogP contribution >= 0.6 is 0 Å². The van der Waals surface area contributed by atoms with Crippen molar-refractivity contribution in [3.05, 3.63) is 0 Å². The van der Waals surface area contributed by atoms with Crippen LogP contribution in [-0.2, 0) is 4.79 Å². The zero-order chi connectivity index (χ0) is 8.53. The SMILES string of the molecule is CCC=O.CN1CCCCC1. The minimum atomic E-state index is 0.639. The maximum Gasteiger partial charge on any atom is 0.119 e. The van der Waals surface area contributed by atoms with Crippen molar-refractivity contribution in [2.75, 3.05) is 20.1 Å². The van der Waals surface area contributed by atoms with E-state index >= 15 is 0 Å². The molecule has 0 aromatic rings. The summed E-state index contributed by atoms with van der Waals surface area (Å²) in [5.74, 6) is 0. The Bertz CT molecular complexity index is 87.6. The maximum atomic E-state index is 9.17. The fraction of sp³-hybridized carbons (Fsp3) is 0.889. The molecule has 1 saturated heterocycles. The van der Waals surface area contributed by atoms with E-state index in [0.717, 1.165) is 6.29 Å². The zero-order valence-corrected chi connectivity index (χ0v) is 7.68. The van der Waals surface area contributed by atoms with Crippen LogP contribution in [0.5, 0.6) is 0 Å². The third kappa shape index (κ3) is 7.53. The van der Waals surface area contributed by atoms with Crippen LogP contribution < -0.4 is 0 Å². The molecule has 1 heterocycles. The summed E-state index contributed by atoms with van der Waals surface area (Å²) in [6, 6.07) is 0. The van der Waals surface area contributed by atoms with E-state index < -0.39 is 0 Å². The molecule has 11 heavy (non-hydrogen) atoms. The molecule has 1 fully saturated rings.